The van der Waals surface area contributed by atoms with Gasteiger partial charge in [0.2, 0.25) is 0 Å². The minimum absolute atomic E-state index is 0.0915. The summed E-state index contributed by atoms with van der Waals surface area (Å²) in [5.74, 6) is 1.01. The van der Waals surface area contributed by atoms with Gasteiger partial charge in [0.1, 0.15) is 17.0 Å². The van der Waals surface area contributed by atoms with Gasteiger partial charge >= 0.3 is 5.63 Å². The Kier molecular flexibility index (Phi) is 5.08. The Morgan fingerprint density at radius 1 is 1.03 bits per heavy atom. The molecule has 0 spiro atoms. The van der Waals surface area contributed by atoms with Crippen LogP contribution in [0.4, 0.5) is 0 Å². The van der Waals surface area contributed by atoms with Gasteiger partial charge in [0.25, 0.3) is 5.91 Å². The predicted octanol–water partition coefficient (Wildman–Crippen LogP) is 3.45. The van der Waals surface area contributed by atoms with Gasteiger partial charge < -0.3 is 13.9 Å². The minimum Gasteiger partial charge on any atom is -0.422 e. The number of nitrogens with zero attached hydrogens (tertiary/aromatic N) is 4. The van der Waals surface area contributed by atoms with Crippen LogP contribution in [0.1, 0.15) is 40.6 Å². The average Bonchev–Trinajstić information content (AvgIpc) is 3.27. The zero-order valence-electron chi connectivity index (χ0n) is 17.0. The average molecular weight is 414 g/mol. The molecule has 31 heavy (non-hydrogen) atoms. The van der Waals surface area contributed by atoms with Crippen molar-refractivity contribution in [3.05, 3.63) is 94.6 Å². The number of rotatable bonds is 4. The number of hydrogen-bond donors (Lipinski definition) is 0. The number of likely N-dealkylation sites (tertiary alicyclic amines) is 1. The van der Waals surface area contributed by atoms with Gasteiger partial charge in [-0.2, -0.15) is 0 Å². The number of fused-ring (bicyclic) bond motifs is 1. The quantitative estimate of drug-likeness (QED) is 0.478. The molecular weight excluding hydrogens is 392 g/mol. The van der Waals surface area contributed by atoms with E-state index in [1.54, 1.807) is 29.3 Å². The summed E-state index contributed by atoms with van der Waals surface area (Å²) in [6.07, 6.45) is 7.17. The van der Waals surface area contributed by atoms with Gasteiger partial charge in [-0.05, 0) is 37.1 Å². The first-order valence-electron chi connectivity index (χ1n) is 10.4. The Bertz CT molecular complexity index is 1270. The molecule has 3 aromatic heterocycles. The van der Waals surface area contributed by atoms with Crippen LogP contribution >= 0.6 is 0 Å². The number of imidazole rings is 1. The summed E-state index contributed by atoms with van der Waals surface area (Å²) in [5, 5.41) is 0.747. The number of aromatic nitrogens is 3. The van der Waals surface area contributed by atoms with E-state index in [4.69, 9.17) is 4.42 Å². The smallest absolute Gasteiger partial charge is 0.349 e. The largest absolute Gasteiger partial charge is 0.422 e. The number of piperidine rings is 1. The topological polar surface area (TPSA) is 81.2 Å². The van der Waals surface area contributed by atoms with E-state index in [1.165, 1.54) is 0 Å². The molecule has 0 saturated carbocycles. The SMILES string of the molecule is O=C(c1cc2ccccc2oc1=O)N1CCC(c2nccn2Cc2ccccn2)CC1. The van der Waals surface area contributed by atoms with Gasteiger partial charge in [0.05, 0.1) is 12.2 Å². The maximum absolute atomic E-state index is 13.0. The molecule has 4 aromatic rings. The molecule has 1 aliphatic rings. The van der Waals surface area contributed by atoms with Crippen molar-refractivity contribution < 1.29 is 9.21 Å². The highest BCUT2D eigenvalue weighted by Crippen LogP contribution is 2.28. The van der Waals surface area contributed by atoms with Crippen LogP contribution in [-0.2, 0) is 6.54 Å². The molecule has 5 rings (SSSR count). The highest BCUT2D eigenvalue weighted by molar-refractivity contribution is 5.96. The second-order valence-electron chi connectivity index (χ2n) is 7.79. The van der Waals surface area contributed by atoms with Crippen molar-refractivity contribution in [2.45, 2.75) is 25.3 Å². The van der Waals surface area contributed by atoms with E-state index in [0.29, 0.717) is 25.2 Å². The summed E-state index contributed by atoms with van der Waals surface area (Å²) in [4.78, 5) is 36.1. The minimum atomic E-state index is -0.586. The first kappa shape index (κ1) is 19.2. The molecule has 0 bridgehead atoms. The Morgan fingerprint density at radius 3 is 2.65 bits per heavy atom. The number of hydrogen-bond acceptors (Lipinski definition) is 5. The lowest BCUT2D eigenvalue weighted by molar-refractivity contribution is 0.0706. The number of benzene rings is 1. The summed E-state index contributed by atoms with van der Waals surface area (Å²) in [7, 11) is 0. The number of carbonyl (C=O) groups excluding carboxylic acids is 1. The van der Waals surface area contributed by atoms with E-state index in [1.807, 2.05) is 42.7 Å². The molecule has 0 aliphatic carbocycles. The van der Waals surface area contributed by atoms with Crippen LogP contribution in [0.3, 0.4) is 0 Å². The van der Waals surface area contributed by atoms with Gasteiger partial charge in [-0.1, -0.05) is 24.3 Å². The summed E-state index contributed by atoms with van der Waals surface area (Å²) >= 11 is 0. The van der Waals surface area contributed by atoms with Crippen molar-refractivity contribution >= 4 is 16.9 Å². The molecule has 0 N–H and O–H groups in total. The monoisotopic (exact) mass is 414 g/mol. The molecule has 1 aliphatic heterocycles. The van der Waals surface area contributed by atoms with Crippen molar-refractivity contribution in [1.29, 1.82) is 0 Å². The van der Waals surface area contributed by atoms with Crippen LogP contribution in [0.5, 0.6) is 0 Å². The molecule has 7 nitrogen and oxygen atoms in total. The van der Waals surface area contributed by atoms with Gasteiger partial charge in [-0.25, -0.2) is 9.78 Å². The maximum atomic E-state index is 13.0. The number of carbonyl (C=O) groups is 1. The van der Waals surface area contributed by atoms with E-state index >= 15 is 0 Å². The van der Waals surface area contributed by atoms with Gasteiger partial charge in [0.15, 0.2) is 0 Å². The van der Waals surface area contributed by atoms with E-state index < -0.39 is 5.63 Å². The van der Waals surface area contributed by atoms with E-state index in [9.17, 15) is 9.59 Å². The first-order valence-corrected chi connectivity index (χ1v) is 10.4. The molecule has 0 atom stereocenters. The van der Waals surface area contributed by atoms with Crippen molar-refractivity contribution in [3.63, 3.8) is 0 Å². The van der Waals surface area contributed by atoms with Gasteiger partial charge in [-0.15, -0.1) is 0 Å². The second-order valence-corrected chi connectivity index (χ2v) is 7.79. The Morgan fingerprint density at radius 2 is 1.84 bits per heavy atom. The fourth-order valence-corrected chi connectivity index (χ4v) is 4.20. The fraction of sp³-hybridized carbons (Fsp3) is 0.250. The molecule has 156 valence electrons. The predicted molar refractivity (Wildman–Crippen MR) is 116 cm³/mol. The summed E-state index contributed by atoms with van der Waals surface area (Å²) < 4.78 is 7.46. The zero-order chi connectivity index (χ0) is 21.2. The van der Waals surface area contributed by atoms with Crippen LogP contribution in [-0.4, -0.2) is 38.4 Å². The highest BCUT2D eigenvalue weighted by Gasteiger charge is 2.28. The Labute approximate surface area is 179 Å². The van der Waals surface area contributed by atoms with Crippen LogP contribution < -0.4 is 5.63 Å². The lowest BCUT2D eigenvalue weighted by Crippen LogP contribution is -2.40. The standard InChI is InChI=1S/C24H22N4O3/c29-23(20-15-18-5-1-2-7-21(18)31-24(20)30)27-12-8-17(9-13-27)22-26-11-14-28(22)16-19-6-3-4-10-25-19/h1-7,10-11,14-15,17H,8-9,12-13,16H2. The van der Waals surface area contributed by atoms with E-state index in [0.717, 1.165) is 29.7 Å². The van der Waals surface area contributed by atoms with Gasteiger partial charge in [-0.3, -0.25) is 9.78 Å². The fourth-order valence-electron chi connectivity index (χ4n) is 4.20. The first-order chi connectivity index (χ1) is 15.2. The molecule has 1 saturated heterocycles. The molecule has 0 unspecified atom stereocenters. The Hall–Kier alpha value is -3.74. The van der Waals surface area contributed by atoms with Crippen LogP contribution in [0.15, 0.2) is 76.3 Å². The third kappa shape index (κ3) is 3.86. The zero-order valence-corrected chi connectivity index (χ0v) is 17.0. The molecule has 1 fully saturated rings. The third-order valence-corrected chi connectivity index (χ3v) is 5.83. The van der Waals surface area contributed by atoms with Gasteiger partial charge in [0, 0.05) is 43.0 Å². The maximum Gasteiger partial charge on any atom is 0.349 e. The van der Waals surface area contributed by atoms with Crippen LogP contribution in [0.25, 0.3) is 11.0 Å². The van der Waals surface area contributed by atoms with Crippen LogP contribution in [0.2, 0.25) is 0 Å². The molecule has 1 amide bonds. The van der Waals surface area contributed by atoms with Crippen LogP contribution in [0, 0.1) is 0 Å². The molecule has 4 heterocycles. The Balaban J connectivity index is 1.29. The molecule has 0 radical (unpaired) electrons. The lowest BCUT2D eigenvalue weighted by atomic mass is 9.95. The second kappa shape index (κ2) is 8.18. The summed E-state index contributed by atoms with van der Waals surface area (Å²) in [6.45, 7) is 1.83. The van der Waals surface area contributed by atoms with Crippen molar-refractivity contribution in [2.24, 2.45) is 0 Å². The van der Waals surface area contributed by atoms with Crippen molar-refractivity contribution in [1.82, 2.24) is 19.4 Å². The molecule has 7 heteroatoms. The number of pyridine rings is 1. The van der Waals surface area contributed by atoms with Crippen molar-refractivity contribution in [2.75, 3.05) is 13.1 Å². The number of para-hydroxylation sites is 1. The third-order valence-electron chi connectivity index (χ3n) is 5.83. The lowest BCUT2D eigenvalue weighted by Gasteiger charge is -2.31. The normalized spacial score (nSPS) is 14.8. The van der Waals surface area contributed by atoms with E-state index in [-0.39, 0.29) is 17.4 Å². The number of amides is 1. The van der Waals surface area contributed by atoms with E-state index in [2.05, 4.69) is 14.5 Å². The molecule has 1 aromatic carbocycles. The summed E-state index contributed by atoms with van der Waals surface area (Å²) in [5.41, 5.74) is 0.977. The van der Waals surface area contributed by atoms with Crippen molar-refractivity contribution in [3.8, 4) is 0 Å². The molecular formula is C24H22N4O3. The summed E-state index contributed by atoms with van der Waals surface area (Å²) in [6, 6.07) is 14.7. The highest BCUT2D eigenvalue weighted by atomic mass is 16.4.